The van der Waals surface area contributed by atoms with Crippen molar-refractivity contribution in [1.82, 2.24) is 9.80 Å². The molecule has 1 aliphatic heterocycles. The first kappa shape index (κ1) is 23.4. The highest BCUT2D eigenvalue weighted by Gasteiger charge is 2.30. The van der Waals surface area contributed by atoms with Gasteiger partial charge in [-0.05, 0) is 68.1 Å². The Morgan fingerprint density at radius 3 is 2.71 bits per heavy atom. The molecule has 1 saturated heterocycles. The van der Waals surface area contributed by atoms with E-state index in [0.717, 1.165) is 62.8 Å². The number of likely N-dealkylation sites (tertiary alicyclic amines) is 1. The van der Waals surface area contributed by atoms with Crippen molar-refractivity contribution in [2.24, 2.45) is 5.92 Å². The fraction of sp³-hybridized carbons (Fsp3) is 0.500. The molecular formula is C24H31F3N2O2. The summed E-state index contributed by atoms with van der Waals surface area (Å²) in [6, 6.07) is 11.1. The fourth-order valence-corrected chi connectivity index (χ4v) is 4.33. The number of nitrogens with zero attached hydrogens (tertiary/aromatic N) is 2. The van der Waals surface area contributed by atoms with Crippen LogP contribution in [0.1, 0.15) is 29.5 Å². The second-order valence-electron chi connectivity index (χ2n) is 8.46. The number of ether oxygens (including phenoxy) is 1. The monoisotopic (exact) mass is 436 g/mol. The maximum atomic E-state index is 12.9. The number of hydrogen-bond donors (Lipinski definition) is 1. The predicted octanol–water partition coefficient (Wildman–Crippen LogP) is 4.81. The summed E-state index contributed by atoms with van der Waals surface area (Å²) in [4.78, 5) is 4.64. The van der Waals surface area contributed by atoms with Crippen LogP contribution < -0.4 is 4.74 Å². The van der Waals surface area contributed by atoms with Crippen molar-refractivity contribution in [3.8, 4) is 11.5 Å². The van der Waals surface area contributed by atoms with E-state index in [1.54, 1.807) is 19.2 Å². The first-order valence-electron chi connectivity index (χ1n) is 10.7. The molecule has 0 aliphatic carbocycles. The average molecular weight is 437 g/mol. The summed E-state index contributed by atoms with van der Waals surface area (Å²) in [7, 11) is 3.62. The lowest BCUT2D eigenvalue weighted by molar-refractivity contribution is -0.137. The van der Waals surface area contributed by atoms with Gasteiger partial charge in [0.05, 0.1) is 12.7 Å². The van der Waals surface area contributed by atoms with Crippen LogP contribution in [0.15, 0.2) is 42.5 Å². The molecular weight excluding hydrogens is 405 g/mol. The van der Waals surface area contributed by atoms with Gasteiger partial charge in [0.1, 0.15) is 0 Å². The number of phenolic OH excluding ortho intramolecular Hbond substituents is 1. The number of alkyl halides is 3. The molecule has 31 heavy (non-hydrogen) atoms. The molecule has 0 saturated carbocycles. The van der Waals surface area contributed by atoms with E-state index < -0.39 is 11.7 Å². The van der Waals surface area contributed by atoms with Crippen LogP contribution in [0.25, 0.3) is 0 Å². The maximum Gasteiger partial charge on any atom is 0.416 e. The van der Waals surface area contributed by atoms with Crippen LogP contribution in [0, 0.1) is 5.92 Å². The van der Waals surface area contributed by atoms with Crippen molar-refractivity contribution in [3.05, 3.63) is 59.2 Å². The van der Waals surface area contributed by atoms with Gasteiger partial charge in [-0.3, -0.25) is 0 Å². The third-order valence-corrected chi connectivity index (χ3v) is 5.84. The van der Waals surface area contributed by atoms with E-state index in [-0.39, 0.29) is 5.75 Å². The summed E-state index contributed by atoms with van der Waals surface area (Å²) in [6.45, 7) is 4.44. The van der Waals surface area contributed by atoms with Gasteiger partial charge in [0, 0.05) is 26.2 Å². The van der Waals surface area contributed by atoms with Crippen molar-refractivity contribution in [1.29, 1.82) is 0 Å². The maximum absolute atomic E-state index is 12.9. The number of piperidine rings is 1. The number of hydrogen-bond acceptors (Lipinski definition) is 4. The summed E-state index contributed by atoms with van der Waals surface area (Å²) < 4.78 is 43.9. The zero-order chi connectivity index (χ0) is 22.4. The number of halogens is 3. The Kier molecular flexibility index (Phi) is 7.84. The number of aromatic hydroxyl groups is 1. The van der Waals surface area contributed by atoms with Crippen molar-refractivity contribution >= 4 is 0 Å². The third kappa shape index (κ3) is 6.87. The highest BCUT2D eigenvalue weighted by molar-refractivity contribution is 5.41. The van der Waals surface area contributed by atoms with Crippen LogP contribution in [0.3, 0.4) is 0 Å². The SMILES string of the molecule is COc1cc(CN(C)C[C@H]2CCCN(CCc3cccc(C(F)(F)F)c3)C2)ccc1O. The minimum atomic E-state index is -4.29. The summed E-state index contributed by atoms with van der Waals surface area (Å²) in [5, 5.41) is 9.75. The van der Waals surface area contributed by atoms with Gasteiger partial charge in [-0.1, -0.05) is 24.3 Å². The van der Waals surface area contributed by atoms with E-state index >= 15 is 0 Å². The molecule has 0 spiro atoms. The Bertz CT molecular complexity index is 857. The summed E-state index contributed by atoms with van der Waals surface area (Å²) >= 11 is 0. The van der Waals surface area contributed by atoms with E-state index in [1.165, 1.54) is 12.1 Å². The molecule has 1 aliphatic rings. The Labute approximate surface area is 182 Å². The lowest BCUT2D eigenvalue weighted by Gasteiger charge is -2.35. The quantitative estimate of drug-likeness (QED) is 0.645. The van der Waals surface area contributed by atoms with Crippen LogP contribution in [-0.2, 0) is 19.1 Å². The topological polar surface area (TPSA) is 35.9 Å². The minimum absolute atomic E-state index is 0.137. The zero-order valence-electron chi connectivity index (χ0n) is 18.2. The summed E-state index contributed by atoms with van der Waals surface area (Å²) in [6.07, 6.45) is -1.41. The van der Waals surface area contributed by atoms with E-state index in [9.17, 15) is 18.3 Å². The molecule has 4 nitrogen and oxygen atoms in total. The van der Waals surface area contributed by atoms with Crippen LogP contribution in [0.4, 0.5) is 13.2 Å². The molecule has 1 fully saturated rings. The van der Waals surface area contributed by atoms with Crippen LogP contribution >= 0.6 is 0 Å². The lowest BCUT2D eigenvalue weighted by Crippen LogP contribution is -2.40. The molecule has 1 N–H and O–H groups in total. The molecule has 1 atom stereocenters. The Morgan fingerprint density at radius 1 is 1.16 bits per heavy atom. The number of benzene rings is 2. The van der Waals surface area contributed by atoms with Gasteiger partial charge in [0.15, 0.2) is 11.5 Å². The molecule has 1 heterocycles. The van der Waals surface area contributed by atoms with E-state index in [4.69, 9.17) is 4.74 Å². The highest BCUT2D eigenvalue weighted by Crippen LogP contribution is 2.30. The standard InChI is InChI=1S/C24H31F3N2O2/c1-28(15-19-8-9-22(30)23(14-19)31-2)16-20-6-4-11-29(17-20)12-10-18-5-3-7-21(13-18)24(25,26)27/h3,5,7-9,13-14,20,30H,4,6,10-12,15-17H2,1-2H3/t20-/m1/s1. The number of phenols is 1. The highest BCUT2D eigenvalue weighted by atomic mass is 19.4. The minimum Gasteiger partial charge on any atom is -0.504 e. The first-order valence-corrected chi connectivity index (χ1v) is 10.7. The van der Waals surface area contributed by atoms with Gasteiger partial charge in [-0.25, -0.2) is 0 Å². The molecule has 0 bridgehead atoms. The van der Waals surface area contributed by atoms with E-state index in [2.05, 4.69) is 16.8 Å². The molecule has 0 aromatic heterocycles. The summed E-state index contributed by atoms with van der Waals surface area (Å²) in [5.74, 6) is 1.14. The molecule has 7 heteroatoms. The largest absolute Gasteiger partial charge is 0.504 e. The molecule has 0 radical (unpaired) electrons. The van der Waals surface area contributed by atoms with Crippen molar-refractivity contribution in [2.75, 3.05) is 40.3 Å². The van der Waals surface area contributed by atoms with Gasteiger partial charge in [0.2, 0.25) is 0 Å². The second kappa shape index (κ2) is 10.4. The van der Waals surface area contributed by atoms with Crippen molar-refractivity contribution < 1.29 is 23.0 Å². The fourth-order valence-electron chi connectivity index (χ4n) is 4.33. The third-order valence-electron chi connectivity index (χ3n) is 5.84. The number of methoxy groups -OCH3 is 1. The van der Waals surface area contributed by atoms with Crippen LogP contribution in [0.5, 0.6) is 11.5 Å². The van der Waals surface area contributed by atoms with Gasteiger partial charge in [-0.2, -0.15) is 13.2 Å². The van der Waals surface area contributed by atoms with Crippen LogP contribution in [0.2, 0.25) is 0 Å². The molecule has 2 aromatic carbocycles. The molecule has 2 aromatic rings. The molecule has 3 rings (SSSR count). The molecule has 170 valence electrons. The lowest BCUT2D eigenvalue weighted by atomic mass is 9.96. The zero-order valence-corrected chi connectivity index (χ0v) is 18.2. The molecule has 0 amide bonds. The predicted molar refractivity (Wildman–Crippen MR) is 115 cm³/mol. The van der Waals surface area contributed by atoms with E-state index in [0.29, 0.717) is 18.1 Å². The summed E-state index contributed by atoms with van der Waals surface area (Å²) in [5.41, 5.74) is 1.23. The van der Waals surface area contributed by atoms with Gasteiger partial charge >= 0.3 is 6.18 Å². The second-order valence-corrected chi connectivity index (χ2v) is 8.46. The van der Waals surface area contributed by atoms with Gasteiger partial charge < -0.3 is 19.6 Å². The Hall–Kier alpha value is -2.25. The Balaban J connectivity index is 1.49. The molecule has 0 unspecified atom stereocenters. The van der Waals surface area contributed by atoms with Gasteiger partial charge in [-0.15, -0.1) is 0 Å². The average Bonchev–Trinajstić information content (AvgIpc) is 2.73. The van der Waals surface area contributed by atoms with Crippen molar-refractivity contribution in [2.45, 2.75) is 32.0 Å². The van der Waals surface area contributed by atoms with Crippen LogP contribution in [-0.4, -0.2) is 55.2 Å². The first-order chi connectivity index (χ1) is 14.7. The number of rotatable bonds is 8. The Morgan fingerprint density at radius 2 is 1.97 bits per heavy atom. The smallest absolute Gasteiger partial charge is 0.416 e. The normalized spacial score (nSPS) is 17.8. The van der Waals surface area contributed by atoms with Crippen molar-refractivity contribution in [3.63, 3.8) is 0 Å². The van der Waals surface area contributed by atoms with Gasteiger partial charge in [0.25, 0.3) is 0 Å². The van der Waals surface area contributed by atoms with E-state index in [1.807, 2.05) is 12.1 Å².